The summed E-state index contributed by atoms with van der Waals surface area (Å²) in [4.78, 5) is 43.7. The number of hydrogen-bond acceptors (Lipinski definition) is 5. The van der Waals surface area contributed by atoms with Gasteiger partial charge >= 0.3 is 18.0 Å². The normalized spacial score (nSPS) is 19.6. The van der Waals surface area contributed by atoms with Crippen LogP contribution in [-0.2, 0) is 9.53 Å². The Morgan fingerprint density at radius 2 is 1.91 bits per heavy atom. The van der Waals surface area contributed by atoms with Gasteiger partial charge in [-0.2, -0.15) is 0 Å². The smallest absolute Gasteiger partial charge is 0.338 e. The molecule has 1 atom stereocenters. The molecule has 3 rings (SSSR count). The average Bonchev–Trinajstić information content (AvgIpc) is 2.76. The zero-order chi connectivity index (χ0) is 24.1. The Kier molecular flexibility index (Phi) is 7.97. The van der Waals surface area contributed by atoms with Gasteiger partial charge in [0.2, 0.25) is 0 Å². The lowest BCUT2D eigenvalue weighted by Crippen LogP contribution is -2.55. The van der Waals surface area contributed by atoms with Crippen LogP contribution in [0.3, 0.4) is 0 Å². The number of carbonyl (C=O) groups is 3. The van der Waals surface area contributed by atoms with Crippen LogP contribution in [0.4, 0.5) is 9.59 Å². The van der Waals surface area contributed by atoms with E-state index >= 15 is 0 Å². The van der Waals surface area contributed by atoms with Crippen LogP contribution >= 0.6 is 0 Å². The molecule has 0 aliphatic carbocycles. The van der Waals surface area contributed by atoms with E-state index in [9.17, 15) is 14.4 Å². The van der Waals surface area contributed by atoms with E-state index < -0.39 is 12.0 Å². The molecule has 0 aromatic heterocycles. The van der Waals surface area contributed by atoms with Crippen LogP contribution in [0.1, 0.15) is 37.9 Å². The predicted molar refractivity (Wildman–Crippen MR) is 126 cm³/mol. The summed E-state index contributed by atoms with van der Waals surface area (Å²) < 4.78 is 5.40. The number of piperazine rings is 1. The zero-order valence-corrected chi connectivity index (χ0v) is 20.2. The van der Waals surface area contributed by atoms with Gasteiger partial charge < -0.3 is 20.3 Å². The van der Waals surface area contributed by atoms with Crippen molar-refractivity contribution in [2.45, 2.75) is 39.8 Å². The Bertz CT molecular complexity index is 921. The van der Waals surface area contributed by atoms with Gasteiger partial charge in [0.1, 0.15) is 0 Å². The van der Waals surface area contributed by atoms with Gasteiger partial charge in [-0.1, -0.05) is 29.8 Å². The summed E-state index contributed by atoms with van der Waals surface area (Å²) in [5.74, 6) is -0.430. The first-order valence-corrected chi connectivity index (χ1v) is 11.5. The summed E-state index contributed by atoms with van der Waals surface area (Å²) in [6.07, 6.45) is 0. The Morgan fingerprint density at radius 1 is 1.21 bits per heavy atom. The molecule has 0 spiro atoms. The highest BCUT2D eigenvalue weighted by Crippen LogP contribution is 2.32. The van der Waals surface area contributed by atoms with Gasteiger partial charge in [-0.3, -0.25) is 9.80 Å². The van der Waals surface area contributed by atoms with E-state index in [0.29, 0.717) is 44.0 Å². The van der Waals surface area contributed by atoms with Gasteiger partial charge in [0.05, 0.1) is 18.2 Å². The number of carbonyl (C=O) groups excluding carboxylic acids is 3. The fourth-order valence-corrected chi connectivity index (χ4v) is 4.16. The van der Waals surface area contributed by atoms with Crippen LogP contribution < -0.4 is 10.6 Å². The fraction of sp³-hybridized carbons (Fsp3) is 0.542. The molecule has 4 amide bonds. The number of esters is 1. The molecule has 9 heteroatoms. The number of rotatable bonds is 6. The third kappa shape index (κ3) is 5.84. The molecule has 2 heterocycles. The quantitative estimate of drug-likeness (QED) is 0.639. The van der Waals surface area contributed by atoms with E-state index in [0.717, 1.165) is 11.1 Å². The Balaban J connectivity index is 1.87. The molecule has 2 aliphatic heterocycles. The van der Waals surface area contributed by atoms with Crippen molar-refractivity contribution >= 4 is 18.0 Å². The molecule has 2 N–H and O–H groups in total. The molecule has 0 saturated carbocycles. The van der Waals surface area contributed by atoms with E-state index in [1.807, 2.05) is 45.0 Å². The Hall–Kier alpha value is -3.07. The van der Waals surface area contributed by atoms with Crippen LogP contribution in [0.15, 0.2) is 35.5 Å². The first-order chi connectivity index (χ1) is 15.7. The zero-order valence-electron chi connectivity index (χ0n) is 20.2. The monoisotopic (exact) mass is 457 g/mol. The molecule has 9 nitrogen and oxygen atoms in total. The highest BCUT2D eigenvalue weighted by Gasteiger charge is 2.37. The lowest BCUT2D eigenvalue weighted by Gasteiger charge is -2.39. The second kappa shape index (κ2) is 10.7. The van der Waals surface area contributed by atoms with E-state index in [1.165, 1.54) is 4.90 Å². The molecule has 33 heavy (non-hydrogen) atoms. The maximum atomic E-state index is 13.1. The fourth-order valence-electron chi connectivity index (χ4n) is 4.16. The number of aryl methyl sites for hydroxylation is 1. The van der Waals surface area contributed by atoms with E-state index in [-0.39, 0.29) is 24.7 Å². The molecule has 1 aromatic rings. The number of urea groups is 2. The van der Waals surface area contributed by atoms with Gasteiger partial charge in [0.15, 0.2) is 0 Å². The van der Waals surface area contributed by atoms with Crippen molar-refractivity contribution in [1.82, 2.24) is 25.3 Å². The van der Waals surface area contributed by atoms with E-state index in [4.69, 9.17) is 4.74 Å². The van der Waals surface area contributed by atoms with Crippen LogP contribution in [0.25, 0.3) is 0 Å². The van der Waals surface area contributed by atoms with Crippen molar-refractivity contribution in [2.24, 2.45) is 0 Å². The van der Waals surface area contributed by atoms with Crippen LogP contribution in [0.5, 0.6) is 0 Å². The standard InChI is InChI=1S/C24H35N5O4/c1-6-33-22(30)20-19(15-28-10-12-29(13-11-28)24(32)25-16(2)3)27(5)23(31)26-21(20)18-9-7-8-17(4)14-18/h7-9,14,16,21H,6,10-13,15H2,1-5H3,(H,25,32)(H,26,31)/t21-/m0/s1. The van der Waals surface area contributed by atoms with Crippen molar-refractivity contribution in [1.29, 1.82) is 0 Å². The summed E-state index contributed by atoms with van der Waals surface area (Å²) in [5.41, 5.74) is 2.96. The molecule has 1 fully saturated rings. The molecule has 0 radical (unpaired) electrons. The molecule has 1 saturated heterocycles. The molecule has 0 bridgehead atoms. The van der Waals surface area contributed by atoms with Gasteiger partial charge in [-0.15, -0.1) is 0 Å². The van der Waals surface area contributed by atoms with Crippen molar-refractivity contribution in [2.75, 3.05) is 46.4 Å². The van der Waals surface area contributed by atoms with Crippen molar-refractivity contribution in [3.05, 3.63) is 46.7 Å². The van der Waals surface area contributed by atoms with Crippen molar-refractivity contribution in [3.63, 3.8) is 0 Å². The minimum Gasteiger partial charge on any atom is -0.463 e. The second-order valence-corrected chi connectivity index (χ2v) is 8.80. The van der Waals surface area contributed by atoms with Crippen LogP contribution in [0.2, 0.25) is 0 Å². The molecular weight excluding hydrogens is 422 g/mol. The van der Waals surface area contributed by atoms with E-state index in [2.05, 4.69) is 15.5 Å². The summed E-state index contributed by atoms with van der Waals surface area (Å²) in [5, 5.41) is 5.88. The molecule has 0 unspecified atom stereocenters. The van der Waals surface area contributed by atoms with Gasteiger partial charge in [-0.05, 0) is 33.3 Å². The third-order valence-corrected chi connectivity index (χ3v) is 5.89. The van der Waals surface area contributed by atoms with Crippen LogP contribution in [-0.4, -0.2) is 85.2 Å². The minimum atomic E-state index is -0.583. The Labute approximate surface area is 195 Å². The van der Waals surface area contributed by atoms with Gasteiger partial charge in [-0.25, -0.2) is 14.4 Å². The Morgan fingerprint density at radius 3 is 2.52 bits per heavy atom. The third-order valence-electron chi connectivity index (χ3n) is 5.89. The maximum absolute atomic E-state index is 13.1. The summed E-state index contributed by atoms with van der Waals surface area (Å²) in [6.45, 7) is 10.7. The van der Waals surface area contributed by atoms with E-state index in [1.54, 1.807) is 18.9 Å². The maximum Gasteiger partial charge on any atom is 0.338 e. The summed E-state index contributed by atoms with van der Waals surface area (Å²) in [6, 6.07) is 6.94. The average molecular weight is 458 g/mol. The van der Waals surface area contributed by atoms with Gasteiger partial charge in [0.25, 0.3) is 0 Å². The number of hydrogen-bond donors (Lipinski definition) is 2. The number of ether oxygens (including phenoxy) is 1. The predicted octanol–water partition coefficient (Wildman–Crippen LogP) is 2.24. The lowest BCUT2D eigenvalue weighted by atomic mass is 9.93. The number of amides is 4. The minimum absolute atomic E-state index is 0.0650. The topological polar surface area (TPSA) is 94.2 Å². The molecule has 180 valence electrons. The molecular formula is C24H35N5O4. The molecule has 1 aromatic carbocycles. The lowest BCUT2D eigenvalue weighted by molar-refractivity contribution is -0.139. The highest BCUT2D eigenvalue weighted by atomic mass is 16.5. The van der Waals surface area contributed by atoms with Crippen molar-refractivity contribution < 1.29 is 19.1 Å². The number of nitrogens with zero attached hydrogens (tertiary/aromatic N) is 3. The van der Waals surface area contributed by atoms with Crippen molar-refractivity contribution in [3.8, 4) is 0 Å². The summed E-state index contributed by atoms with van der Waals surface area (Å²) in [7, 11) is 1.67. The first kappa shape index (κ1) is 24.6. The number of likely N-dealkylation sites (N-methyl/N-ethyl adjacent to an activating group) is 1. The highest BCUT2D eigenvalue weighted by molar-refractivity contribution is 5.95. The largest absolute Gasteiger partial charge is 0.463 e. The van der Waals surface area contributed by atoms with Crippen LogP contribution in [0, 0.1) is 6.92 Å². The number of benzene rings is 1. The second-order valence-electron chi connectivity index (χ2n) is 8.80. The van der Waals surface area contributed by atoms with Gasteiger partial charge in [0, 0.05) is 51.5 Å². The summed E-state index contributed by atoms with van der Waals surface area (Å²) >= 11 is 0. The molecule has 2 aliphatic rings. The SMILES string of the molecule is CCOC(=O)C1=C(CN2CCN(C(=O)NC(C)C)CC2)N(C)C(=O)N[C@H]1c1cccc(C)c1. The first-order valence-electron chi connectivity index (χ1n) is 11.5. The number of nitrogens with one attached hydrogen (secondary N) is 2.